The number of aliphatic hydroxyl groups is 6. The maximum Gasteiger partial charge on any atom is 0.410 e. The molecule has 0 spiro atoms. The zero-order chi connectivity index (χ0) is 105. The molecule has 752 valence electrons. The van der Waals surface area contributed by atoms with E-state index >= 15 is 0 Å². The number of aromatic nitrogens is 13. The molecule has 0 radical (unpaired) electrons. The minimum absolute atomic E-state index is 0.0613. The number of amides is 11. The summed E-state index contributed by atoms with van der Waals surface area (Å²) in [6, 6.07) is 31.6. The van der Waals surface area contributed by atoms with Crippen LogP contribution < -0.4 is 28.7 Å². The van der Waals surface area contributed by atoms with E-state index in [1.54, 1.807) is 172 Å². The Kier molecular flexibility index (Phi) is 29.1. The Bertz CT molecular complexity index is 7650. The highest BCUT2D eigenvalue weighted by molar-refractivity contribution is 6.03. The van der Waals surface area contributed by atoms with E-state index in [2.05, 4.69) is 106 Å². The van der Waals surface area contributed by atoms with E-state index < -0.39 is 99.3 Å². The Morgan fingerprint density at radius 1 is 0.408 bits per heavy atom. The van der Waals surface area contributed by atoms with Gasteiger partial charge in [0, 0.05) is 188 Å². The Labute approximate surface area is 841 Å². The second-order valence-corrected chi connectivity index (χ2v) is 36.7. The maximum atomic E-state index is 12.2. The van der Waals surface area contributed by atoms with Crippen molar-refractivity contribution in [1.82, 2.24) is 93.3 Å². The molecule has 6 aliphatic heterocycles. The molecule has 5 fully saturated rings. The Balaban J connectivity index is 0.000000131. The first-order valence-corrected chi connectivity index (χ1v) is 47.3. The van der Waals surface area contributed by atoms with Gasteiger partial charge in [-0.1, -0.05) is 65.4 Å². The molecular formula is C104H103N25O18. The molecule has 5 saturated heterocycles. The molecule has 14 heterocycles. The van der Waals surface area contributed by atoms with Crippen molar-refractivity contribution in [3.05, 3.63) is 229 Å². The third-order valence-corrected chi connectivity index (χ3v) is 26.6. The normalized spacial score (nSPS) is 20.7. The van der Waals surface area contributed by atoms with Gasteiger partial charge in [0.2, 0.25) is 28.0 Å². The summed E-state index contributed by atoms with van der Waals surface area (Å²) >= 11 is 0. The molecule has 43 heteroatoms. The van der Waals surface area contributed by atoms with Crippen molar-refractivity contribution in [3.8, 4) is 93.8 Å². The highest BCUT2D eigenvalue weighted by Gasteiger charge is 2.47. The van der Waals surface area contributed by atoms with Crippen LogP contribution in [0.15, 0.2) is 122 Å². The number of primary amides is 5. The van der Waals surface area contributed by atoms with E-state index in [9.17, 15) is 88.6 Å². The lowest BCUT2D eigenvalue weighted by Crippen LogP contribution is -2.37. The summed E-state index contributed by atoms with van der Waals surface area (Å²) in [6.07, 6.45) is 13.3. The molecule has 147 heavy (non-hydrogen) atoms. The fraction of sp³-hybridized carbons (Fsp3) is 0.346. The molecule has 0 saturated carbocycles. The summed E-state index contributed by atoms with van der Waals surface area (Å²) in [5.41, 5.74) is 32.5. The van der Waals surface area contributed by atoms with E-state index in [0.29, 0.717) is 160 Å². The largest absolute Gasteiger partial charge is 0.450 e. The maximum absolute atomic E-state index is 12.2. The van der Waals surface area contributed by atoms with Crippen LogP contribution in [0.25, 0.3) is 39.6 Å². The lowest BCUT2D eigenvalue weighted by Gasteiger charge is -2.26. The number of hydrogen-bond acceptors (Lipinski definition) is 27. The molecule has 16 N–H and O–H groups in total. The average molecular weight is 1990 g/mol. The summed E-state index contributed by atoms with van der Waals surface area (Å²) in [5, 5.41) is 94.0. The van der Waals surface area contributed by atoms with Crippen molar-refractivity contribution in [2.45, 2.75) is 150 Å². The van der Waals surface area contributed by atoms with Crippen LogP contribution in [-0.4, -0.2) is 298 Å². The van der Waals surface area contributed by atoms with Gasteiger partial charge in [0.25, 0.3) is 59.1 Å². The lowest BCUT2D eigenvalue weighted by atomic mass is 9.95. The first-order chi connectivity index (χ1) is 70.1. The summed E-state index contributed by atoms with van der Waals surface area (Å²) in [5.74, 6) is 22.8. The summed E-state index contributed by atoms with van der Waals surface area (Å²) in [6.45, 7) is 4.75. The van der Waals surface area contributed by atoms with Crippen LogP contribution in [0.1, 0.15) is 208 Å². The molecule has 11 amide bonds. The molecule has 8 aromatic heterocycles. The molecule has 43 nitrogen and oxygen atoms in total. The number of carbonyl (C=O) groups excluding carboxylic acids is 11. The monoisotopic (exact) mass is 1990 g/mol. The van der Waals surface area contributed by atoms with Gasteiger partial charge in [0.15, 0.2) is 34.3 Å². The van der Waals surface area contributed by atoms with Crippen molar-refractivity contribution < 1.29 is 88.1 Å². The first kappa shape index (κ1) is 102. The number of carbonyl (C=O) groups is 11. The summed E-state index contributed by atoms with van der Waals surface area (Å²) in [7, 11) is 8.13. The number of hydrogen-bond donors (Lipinski definition) is 11. The number of ether oxygens (including phenoxy) is 1. The zero-order valence-corrected chi connectivity index (χ0v) is 81.0. The number of likely N-dealkylation sites (tertiary alicyclic amines) is 5. The third kappa shape index (κ3) is 20.9. The highest BCUT2D eigenvalue weighted by atomic mass is 16.6. The molecule has 6 atom stereocenters. The molecule has 0 bridgehead atoms. The topological polar surface area (TPSA) is 619 Å². The van der Waals surface area contributed by atoms with Crippen LogP contribution in [0.2, 0.25) is 0 Å². The second-order valence-electron chi connectivity index (χ2n) is 36.7. The van der Waals surface area contributed by atoms with Gasteiger partial charge in [-0.2, -0.15) is 30.8 Å². The van der Waals surface area contributed by atoms with Crippen LogP contribution in [0.4, 0.5) is 4.79 Å². The van der Waals surface area contributed by atoms with Crippen molar-refractivity contribution >= 4 is 76.2 Å². The molecular weight excluding hydrogens is 1890 g/mol. The quantitative estimate of drug-likeness (QED) is 0.0806. The van der Waals surface area contributed by atoms with Gasteiger partial charge >= 0.3 is 6.09 Å². The minimum Gasteiger partial charge on any atom is -0.450 e. The molecule has 11 aromatic rings. The average Bonchev–Trinajstić information content (AvgIpc) is 1.60. The van der Waals surface area contributed by atoms with Gasteiger partial charge < -0.3 is 93.4 Å². The molecule has 3 aromatic carbocycles. The van der Waals surface area contributed by atoms with E-state index in [-0.39, 0.29) is 68.0 Å². The first-order valence-electron chi connectivity index (χ1n) is 47.3. The van der Waals surface area contributed by atoms with Crippen molar-refractivity contribution in [2.24, 2.45) is 28.7 Å². The van der Waals surface area contributed by atoms with Crippen molar-refractivity contribution in [3.63, 3.8) is 0 Å². The van der Waals surface area contributed by atoms with E-state index in [4.69, 9.17) is 33.4 Å². The molecule has 9 aliphatic rings. The smallest absolute Gasteiger partial charge is 0.410 e. The minimum atomic E-state index is -1.75. The van der Waals surface area contributed by atoms with E-state index in [0.717, 1.165) is 73.9 Å². The number of benzene rings is 3. The van der Waals surface area contributed by atoms with Gasteiger partial charge in [-0.15, -0.1) is 0 Å². The number of nitrogens with zero attached hydrogens (tertiary/aromatic N) is 20. The summed E-state index contributed by atoms with van der Waals surface area (Å²) < 4.78 is 13.1. The molecule has 20 rings (SSSR count). The highest BCUT2D eigenvalue weighted by Crippen LogP contribution is 2.38. The predicted molar refractivity (Wildman–Crippen MR) is 524 cm³/mol. The van der Waals surface area contributed by atoms with Crippen molar-refractivity contribution in [1.29, 1.82) is 5.26 Å². The number of nitrogens with two attached hydrogens (primary N) is 5. The van der Waals surface area contributed by atoms with Gasteiger partial charge in [-0.25, -0.2) is 38.2 Å². The number of pyridine rings is 3. The van der Waals surface area contributed by atoms with Crippen LogP contribution in [0.5, 0.6) is 0 Å². The standard InChI is InChI=1S/C22H24N6O5.C22H21N5O3.C20H17N5O3.C20H21N5O3.C20H20N4O4/c1-3-33-21(31)27-10-6-16-15(13-27)18(19(23)29)25-28(16)17-12-14(5-9-24-17)4-7-22(32)8-11-26(2)20(22)30;1-26-11-10-22(30,21(26)29)9-8-14-12-16(7-6-15(14)13-23)27-18-5-3-2-4-17(18)19(25-27)20(24)28;1-24-11-9-20(28,19(24)27)8-7-13-4-2-5-14(12-13)25-15-6-3-10-22-16(15)17(23-25)18(21)26;1-24-11-9-20(28,19(24)27)8-6-13-12-14(7-10-22-13)25-16-5-3-2-4-15(16)17(23-25)18(21)26;1-23-10-9-20(28,19(23)27)8-7-12-3-2-4-13(11-12)24-17-14(5-6-15(17)25)16(22-24)18(21)26/h5,9,12,32H,3,6,8,10-11,13H2,1-2H3,(H2,23,29);6-7,12,30H,2-5,10-11H2,1H3,(H2,24,28);2-6,10,12,28H,9,11H2,1H3,(H2,21,26);7,10,12,28H,2-5,9,11H2,1H3,(H2,21,26);2-4,11,15,25,28H,5-6,9-10H2,1H3,(H2,21,26)/t2*22-;2*20-;15-,20-/m00000/s1. The van der Waals surface area contributed by atoms with E-state index in [1.807, 2.05) is 0 Å². The Morgan fingerprint density at radius 2 is 0.830 bits per heavy atom. The number of aliphatic hydroxyl groups excluding tert-OH is 1. The van der Waals surface area contributed by atoms with E-state index in [1.165, 1.54) is 45.0 Å². The zero-order valence-electron chi connectivity index (χ0n) is 81.0. The number of likely N-dealkylation sites (N-methyl/N-ethyl adjacent to an activating group) is 5. The molecule has 0 unspecified atom stereocenters. The van der Waals surface area contributed by atoms with Gasteiger partial charge in [-0.3, -0.25) is 52.9 Å². The fourth-order valence-corrected chi connectivity index (χ4v) is 18.6. The van der Waals surface area contributed by atoms with Crippen LogP contribution in [0.3, 0.4) is 0 Å². The lowest BCUT2D eigenvalue weighted by molar-refractivity contribution is -0.138. The number of nitriles is 1. The third-order valence-electron chi connectivity index (χ3n) is 26.6. The SMILES string of the molecule is CCOC(=O)N1CCc2c(c(C(N)=O)nn2-c2cc(C#C[C@]3(O)CCN(C)C3=O)ccn2)C1.CN1CC[C@@](O)(C#Cc2cc(-n3nc(C(N)=O)c4c3CCCC4)ccc2C#N)C1=O.CN1CC[C@@](O)(C#Cc2cc(-n3nc(C(N)=O)c4c3CCCC4)ccn2)C1=O.CN1CC[C@@](O)(C#Cc2cccc(-n3nc(C(N)=O)c4c3[C@@H](O)CC4)c2)C1=O.CN1CC[C@@](O)(C#Cc2cccc(-n3nc(C(N)=O)c4ncccc43)c2)C1=O. The Hall–Kier alpha value is -17.6. The Morgan fingerprint density at radius 3 is 1.31 bits per heavy atom. The van der Waals surface area contributed by atoms with Crippen molar-refractivity contribution in [2.75, 3.05) is 81.1 Å². The number of fused-ring (bicyclic) bond motifs is 5. The van der Waals surface area contributed by atoms with Crippen LogP contribution in [0, 0.1) is 70.5 Å². The summed E-state index contributed by atoms with van der Waals surface area (Å²) in [4.78, 5) is 153. The predicted octanol–water partition coefficient (Wildman–Crippen LogP) is 1.04. The van der Waals surface area contributed by atoms with Crippen LogP contribution in [-0.2, 0) is 73.8 Å². The number of rotatable bonds is 11. The fourth-order valence-electron chi connectivity index (χ4n) is 18.6. The molecule has 3 aliphatic carbocycles. The van der Waals surface area contributed by atoms with Gasteiger partial charge in [-0.05, 0) is 168 Å². The van der Waals surface area contributed by atoms with Gasteiger partial charge in [0.05, 0.1) is 64.5 Å². The second kappa shape index (κ2) is 41.8. The van der Waals surface area contributed by atoms with Gasteiger partial charge in [0.1, 0.15) is 17.3 Å². The van der Waals surface area contributed by atoms with Crippen LogP contribution >= 0.6 is 0 Å².